The minimum absolute atomic E-state index is 0.122. The third-order valence-electron chi connectivity index (χ3n) is 4.96. The summed E-state index contributed by atoms with van der Waals surface area (Å²) in [5.41, 5.74) is 6.06. The van der Waals surface area contributed by atoms with Gasteiger partial charge in [-0.3, -0.25) is 19.7 Å². The lowest BCUT2D eigenvalue weighted by atomic mass is 9.98. The standard InChI is InChI=1S/C20H22N4S/c1-13-11-23-14(2)19(13)15-9-17-16(5-4-8-22-17)18(10-15)25-24-20(6-7-20)12-21-3/h4-5,8-10,24H,3,6-7,11-12H2,1-2H3. The second-order valence-corrected chi connectivity index (χ2v) is 7.82. The SMILES string of the molecule is C=NCC1(NSc2cc(C3=C(C)CN=C3C)cc3ncccc23)CC1. The molecule has 1 N–H and O–H groups in total. The van der Waals surface area contributed by atoms with Crippen LogP contribution >= 0.6 is 11.9 Å². The van der Waals surface area contributed by atoms with Crippen LogP contribution in [-0.2, 0) is 0 Å². The second kappa shape index (κ2) is 6.39. The second-order valence-electron chi connectivity index (χ2n) is 6.97. The highest BCUT2D eigenvalue weighted by atomic mass is 32.2. The first kappa shape index (κ1) is 16.5. The number of nitrogens with zero attached hydrogens (tertiary/aromatic N) is 3. The average Bonchev–Trinajstić information content (AvgIpc) is 3.30. The van der Waals surface area contributed by atoms with E-state index in [4.69, 9.17) is 0 Å². The first-order valence-electron chi connectivity index (χ1n) is 8.59. The van der Waals surface area contributed by atoms with E-state index >= 15 is 0 Å². The molecular weight excluding hydrogens is 328 g/mol. The van der Waals surface area contributed by atoms with Gasteiger partial charge >= 0.3 is 0 Å². The van der Waals surface area contributed by atoms with Gasteiger partial charge < -0.3 is 0 Å². The van der Waals surface area contributed by atoms with Gasteiger partial charge in [-0.05, 0) is 74.7 Å². The van der Waals surface area contributed by atoms with Gasteiger partial charge in [0.25, 0.3) is 0 Å². The largest absolute Gasteiger partial charge is 0.299 e. The molecular formula is C20H22N4S. The van der Waals surface area contributed by atoms with Crippen molar-refractivity contribution in [2.75, 3.05) is 13.1 Å². The van der Waals surface area contributed by atoms with Gasteiger partial charge in [0.05, 0.1) is 18.6 Å². The quantitative estimate of drug-likeness (QED) is 0.624. The van der Waals surface area contributed by atoms with Crippen LogP contribution in [0.3, 0.4) is 0 Å². The number of aromatic nitrogens is 1. The number of fused-ring (bicyclic) bond motifs is 1. The Morgan fingerprint density at radius 3 is 2.84 bits per heavy atom. The molecule has 1 aromatic heterocycles. The van der Waals surface area contributed by atoms with E-state index in [1.165, 1.54) is 27.0 Å². The zero-order chi connectivity index (χ0) is 17.4. The Balaban J connectivity index is 1.73. The van der Waals surface area contributed by atoms with Gasteiger partial charge in [-0.2, -0.15) is 0 Å². The fourth-order valence-corrected chi connectivity index (χ4v) is 4.42. The molecule has 0 spiro atoms. The third kappa shape index (κ3) is 3.14. The molecule has 1 saturated carbocycles. The summed E-state index contributed by atoms with van der Waals surface area (Å²) >= 11 is 1.69. The van der Waals surface area contributed by atoms with E-state index in [0.717, 1.165) is 37.2 Å². The van der Waals surface area contributed by atoms with Crippen molar-refractivity contribution in [3.63, 3.8) is 0 Å². The Labute approximate surface area is 152 Å². The highest BCUT2D eigenvalue weighted by Crippen LogP contribution is 2.40. The Morgan fingerprint density at radius 2 is 2.16 bits per heavy atom. The number of pyridine rings is 1. The molecule has 0 bridgehead atoms. The molecule has 1 aliphatic heterocycles. The average molecular weight is 350 g/mol. The lowest BCUT2D eigenvalue weighted by molar-refractivity contribution is 0.643. The summed E-state index contributed by atoms with van der Waals surface area (Å²) < 4.78 is 3.63. The summed E-state index contributed by atoms with van der Waals surface area (Å²) in [4.78, 5) is 14.5. The van der Waals surface area contributed by atoms with Crippen LogP contribution in [-0.4, -0.2) is 36.0 Å². The summed E-state index contributed by atoms with van der Waals surface area (Å²) in [6.07, 6.45) is 4.17. The number of nitrogens with one attached hydrogen (secondary N) is 1. The third-order valence-corrected chi connectivity index (χ3v) is 6.05. The van der Waals surface area contributed by atoms with Crippen LogP contribution in [0, 0.1) is 0 Å². The zero-order valence-corrected chi connectivity index (χ0v) is 15.5. The van der Waals surface area contributed by atoms with Crippen LogP contribution in [0.4, 0.5) is 0 Å². The maximum atomic E-state index is 4.59. The smallest absolute Gasteiger partial charge is 0.0719 e. The van der Waals surface area contributed by atoms with Gasteiger partial charge in [0.15, 0.2) is 0 Å². The first-order chi connectivity index (χ1) is 12.1. The summed E-state index contributed by atoms with van der Waals surface area (Å²) in [6.45, 7) is 9.47. The van der Waals surface area contributed by atoms with Crippen molar-refractivity contribution in [1.29, 1.82) is 0 Å². The van der Waals surface area contributed by atoms with E-state index in [9.17, 15) is 0 Å². The fraction of sp³-hybridized carbons (Fsp3) is 0.350. The molecule has 25 heavy (non-hydrogen) atoms. The highest BCUT2D eigenvalue weighted by Gasteiger charge is 2.42. The van der Waals surface area contributed by atoms with Gasteiger partial charge in [0.1, 0.15) is 0 Å². The maximum absolute atomic E-state index is 4.59. The molecule has 0 radical (unpaired) electrons. The zero-order valence-electron chi connectivity index (χ0n) is 14.7. The molecule has 128 valence electrons. The topological polar surface area (TPSA) is 49.6 Å². The Kier molecular flexibility index (Phi) is 4.21. The molecule has 4 rings (SSSR count). The molecule has 2 heterocycles. The normalized spacial score (nSPS) is 18.6. The summed E-state index contributed by atoms with van der Waals surface area (Å²) in [7, 11) is 0. The molecule has 5 heteroatoms. The van der Waals surface area contributed by atoms with E-state index in [-0.39, 0.29) is 5.54 Å². The van der Waals surface area contributed by atoms with Crippen molar-refractivity contribution in [2.45, 2.75) is 37.1 Å². The van der Waals surface area contributed by atoms with Gasteiger partial charge in [-0.25, -0.2) is 0 Å². The number of hydrogen-bond donors (Lipinski definition) is 1. The van der Waals surface area contributed by atoms with Crippen LogP contribution in [0.15, 0.2) is 50.9 Å². The van der Waals surface area contributed by atoms with Crippen LogP contribution in [0.5, 0.6) is 0 Å². The lowest BCUT2D eigenvalue weighted by Gasteiger charge is -2.16. The van der Waals surface area contributed by atoms with Crippen molar-refractivity contribution in [1.82, 2.24) is 9.71 Å². The summed E-state index contributed by atoms with van der Waals surface area (Å²) in [5, 5.41) is 1.18. The molecule has 4 nitrogen and oxygen atoms in total. The van der Waals surface area contributed by atoms with E-state index in [1.807, 2.05) is 12.3 Å². The van der Waals surface area contributed by atoms with E-state index in [1.54, 1.807) is 11.9 Å². The Morgan fingerprint density at radius 1 is 1.32 bits per heavy atom. The van der Waals surface area contributed by atoms with Crippen LogP contribution in [0.25, 0.3) is 16.5 Å². The van der Waals surface area contributed by atoms with E-state index < -0.39 is 0 Å². The molecule has 0 atom stereocenters. The minimum Gasteiger partial charge on any atom is -0.299 e. The van der Waals surface area contributed by atoms with Crippen molar-refractivity contribution in [2.24, 2.45) is 9.98 Å². The molecule has 2 aliphatic rings. The van der Waals surface area contributed by atoms with Crippen molar-refractivity contribution < 1.29 is 0 Å². The Hall–Kier alpha value is -1.98. The summed E-state index contributed by atoms with van der Waals surface area (Å²) in [6, 6.07) is 8.58. The Bertz CT molecular complexity index is 909. The fourth-order valence-electron chi connectivity index (χ4n) is 3.36. The minimum atomic E-state index is 0.122. The number of aliphatic imine (C=N–C) groups is 2. The van der Waals surface area contributed by atoms with E-state index in [0.29, 0.717) is 0 Å². The summed E-state index contributed by atoms with van der Waals surface area (Å²) in [5.74, 6) is 0. The van der Waals surface area contributed by atoms with Gasteiger partial charge in [0.2, 0.25) is 0 Å². The molecule has 1 aromatic carbocycles. The number of benzene rings is 1. The monoisotopic (exact) mass is 350 g/mol. The lowest BCUT2D eigenvalue weighted by Crippen LogP contribution is -2.28. The number of hydrogen-bond acceptors (Lipinski definition) is 5. The molecule has 0 unspecified atom stereocenters. The molecule has 0 saturated heterocycles. The predicted molar refractivity (Wildman–Crippen MR) is 108 cm³/mol. The number of allylic oxidation sites excluding steroid dienone is 1. The van der Waals surface area contributed by atoms with E-state index in [2.05, 4.69) is 58.5 Å². The molecule has 2 aromatic rings. The van der Waals surface area contributed by atoms with Crippen molar-refractivity contribution in [3.8, 4) is 0 Å². The number of rotatable bonds is 6. The highest BCUT2D eigenvalue weighted by molar-refractivity contribution is 7.97. The van der Waals surface area contributed by atoms with Crippen molar-refractivity contribution >= 4 is 40.9 Å². The van der Waals surface area contributed by atoms with Crippen molar-refractivity contribution in [3.05, 3.63) is 41.6 Å². The van der Waals surface area contributed by atoms with Crippen LogP contribution < -0.4 is 4.72 Å². The maximum Gasteiger partial charge on any atom is 0.0719 e. The molecule has 1 fully saturated rings. The van der Waals surface area contributed by atoms with Gasteiger partial charge in [-0.1, -0.05) is 6.07 Å². The van der Waals surface area contributed by atoms with Gasteiger partial charge in [0, 0.05) is 33.3 Å². The molecule has 0 amide bonds. The predicted octanol–water partition coefficient (Wildman–Crippen LogP) is 4.31. The van der Waals surface area contributed by atoms with Crippen LogP contribution in [0.1, 0.15) is 32.3 Å². The van der Waals surface area contributed by atoms with Gasteiger partial charge in [-0.15, -0.1) is 0 Å². The first-order valence-corrected chi connectivity index (χ1v) is 9.40. The molecule has 1 aliphatic carbocycles. The van der Waals surface area contributed by atoms with Crippen LogP contribution in [0.2, 0.25) is 0 Å².